The lowest BCUT2D eigenvalue weighted by Gasteiger charge is -2.09. The molecule has 1 heterocycles. The van der Waals surface area contributed by atoms with Crippen LogP contribution in [-0.4, -0.2) is 41.2 Å². The van der Waals surface area contributed by atoms with Gasteiger partial charge in [0.2, 0.25) is 5.95 Å². The van der Waals surface area contributed by atoms with Crippen molar-refractivity contribution in [2.24, 2.45) is 0 Å². The van der Waals surface area contributed by atoms with Crippen LogP contribution in [0.2, 0.25) is 0 Å². The number of unbranched alkanes of at least 4 members (excludes halogenated alkanes) is 1. The van der Waals surface area contributed by atoms with E-state index in [1.165, 1.54) is 11.7 Å². The number of benzene rings is 3. The van der Waals surface area contributed by atoms with Crippen molar-refractivity contribution >= 4 is 63.3 Å². The van der Waals surface area contributed by atoms with Crippen LogP contribution in [0.5, 0.6) is 0 Å². The van der Waals surface area contributed by atoms with E-state index in [0.717, 1.165) is 22.1 Å². The lowest BCUT2D eigenvalue weighted by molar-refractivity contribution is 0.102. The summed E-state index contributed by atoms with van der Waals surface area (Å²) in [6, 6.07) is 23.8. The number of amides is 3. The van der Waals surface area contributed by atoms with Crippen LogP contribution in [0.4, 0.5) is 21.2 Å². The zero-order valence-electron chi connectivity index (χ0n) is 20.5. The molecule has 1 aromatic heterocycles. The van der Waals surface area contributed by atoms with Crippen molar-refractivity contribution in [2.45, 2.75) is 19.8 Å². The number of methoxy groups -OCH3 is 1. The Labute approximate surface area is 228 Å². The molecule has 3 amide bonds. The lowest BCUT2D eigenvalue weighted by atomic mass is 10.2. The van der Waals surface area contributed by atoms with E-state index in [9.17, 15) is 14.4 Å². The zero-order chi connectivity index (χ0) is 26.6. The van der Waals surface area contributed by atoms with E-state index in [1.807, 2.05) is 73.7 Å². The first-order valence-electron chi connectivity index (χ1n) is 11.7. The van der Waals surface area contributed by atoms with Crippen molar-refractivity contribution in [3.05, 3.63) is 88.0 Å². The van der Waals surface area contributed by atoms with Crippen LogP contribution in [0, 0.1) is 3.57 Å². The average Bonchev–Trinajstić information content (AvgIpc) is 3.27. The van der Waals surface area contributed by atoms with Crippen molar-refractivity contribution in [1.29, 1.82) is 0 Å². The van der Waals surface area contributed by atoms with Gasteiger partial charge >= 0.3 is 12.1 Å². The number of halogens is 1. The number of carbonyl (C=O) groups is 3. The molecule has 0 bridgehead atoms. The molecule has 37 heavy (non-hydrogen) atoms. The number of anilines is 2. The van der Waals surface area contributed by atoms with Crippen molar-refractivity contribution in [3.8, 4) is 0 Å². The SMILES string of the molecule is CCCCNC(=O)n1c(NC(=O)OC)nc2ccccc21.O=C(Nc1ccccc1)c1ccccc1I. The van der Waals surface area contributed by atoms with E-state index in [1.54, 1.807) is 12.1 Å². The van der Waals surface area contributed by atoms with Crippen LogP contribution in [0.25, 0.3) is 11.0 Å². The quantitative estimate of drug-likeness (QED) is 0.179. The number of hydrogen-bond donors (Lipinski definition) is 3. The van der Waals surface area contributed by atoms with Crippen LogP contribution in [0.1, 0.15) is 30.1 Å². The smallest absolute Gasteiger partial charge is 0.413 e. The van der Waals surface area contributed by atoms with Crippen molar-refractivity contribution in [2.75, 3.05) is 24.3 Å². The Bertz CT molecular complexity index is 1360. The molecule has 0 saturated heterocycles. The predicted molar refractivity (Wildman–Crippen MR) is 153 cm³/mol. The van der Waals surface area contributed by atoms with Gasteiger partial charge in [0.15, 0.2) is 0 Å². The molecule has 4 aromatic rings. The van der Waals surface area contributed by atoms with Gasteiger partial charge in [-0.15, -0.1) is 0 Å². The van der Waals surface area contributed by atoms with E-state index >= 15 is 0 Å². The average molecular weight is 613 g/mol. The molecule has 0 unspecified atom stereocenters. The summed E-state index contributed by atoms with van der Waals surface area (Å²) in [7, 11) is 1.25. The van der Waals surface area contributed by atoms with Crippen LogP contribution >= 0.6 is 22.6 Å². The number of nitrogens with zero attached hydrogens (tertiary/aromatic N) is 2. The Morgan fingerprint density at radius 2 is 1.59 bits per heavy atom. The van der Waals surface area contributed by atoms with E-state index in [-0.39, 0.29) is 17.9 Å². The third kappa shape index (κ3) is 7.78. The fraction of sp³-hybridized carbons (Fsp3) is 0.185. The maximum atomic E-state index is 12.3. The molecule has 192 valence electrons. The topological polar surface area (TPSA) is 114 Å². The van der Waals surface area contributed by atoms with Crippen LogP contribution in [0.3, 0.4) is 0 Å². The van der Waals surface area contributed by atoms with E-state index in [4.69, 9.17) is 0 Å². The summed E-state index contributed by atoms with van der Waals surface area (Å²) in [4.78, 5) is 39.8. The Balaban J connectivity index is 0.000000213. The number of nitrogens with one attached hydrogen (secondary N) is 3. The van der Waals surface area contributed by atoms with Gasteiger partial charge in [0, 0.05) is 15.8 Å². The number of aromatic nitrogens is 2. The van der Waals surface area contributed by atoms with Crippen molar-refractivity contribution in [1.82, 2.24) is 14.9 Å². The minimum Gasteiger partial charge on any atom is -0.453 e. The minimum absolute atomic E-state index is 0.0730. The first kappa shape index (κ1) is 27.7. The molecule has 0 fully saturated rings. The van der Waals surface area contributed by atoms with Gasteiger partial charge in [-0.05, 0) is 65.4 Å². The molecule has 9 nitrogen and oxygen atoms in total. The number of para-hydroxylation sites is 3. The molecule has 10 heteroatoms. The fourth-order valence-electron chi connectivity index (χ4n) is 3.27. The summed E-state index contributed by atoms with van der Waals surface area (Å²) in [5.41, 5.74) is 2.76. The van der Waals surface area contributed by atoms with Crippen molar-refractivity contribution in [3.63, 3.8) is 0 Å². The summed E-state index contributed by atoms with van der Waals surface area (Å²) in [5, 5.41) is 8.11. The summed E-state index contributed by atoms with van der Waals surface area (Å²) in [5.74, 6) is 0.0632. The van der Waals surface area contributed by atoms with Gasteiger partial charge in [-0.3, -0.25) is 10.1 Å². The molecule has 3 aromatic carbocycles. The maximum Gasteiger partial charge on any atom is 0.413 e. The van der Waals surface area contributed by atoms with E-state index in [2.05, 4.69) is 48.3 Å². The second-order valence-electron chi connectivity index (χ2n) is 7.76. The number of ether oxygens (including phenoxy) is 1. The summed E-state index contributed by atoms with van der Waals surface area (Å²) in [6.07, 6.45) is 1.20. The molecule has 0 aliphatic heterocycles. The monoisotopic (exact) mass is 613 g/mol. The van der Waals surface area contributed by atoms with Gasteiger partial charge in [0.25, 0.3) is 5.91 Å². The Hall–Kier alpha value is -3.93. The first-order chi connectivity index (χ1) is 17.9. The van der Waals surface area contributed by atoms with Gasteiger partial charge in [-0.25, -0.2) is 19.1 Å². The maximum absolute atomic E-state index is 12.3. The molecular weight excluding hydrogens is 585 g/mol. The van der Waals surface area contributed by atoms with Crippen LogP contribution < -0.4 is 16.0 Å². The molecule has 3 N–H and O–H groups in total. The van der Waals surface area contributed by atoms with E-state index in [0.29, 0.717) is 23.1 Å². The normalized spacial score (nSPS) is 10.1. The van der Waals surface area contributed by atoms with Crippen molar-refractivity contribution < 1.29 is 19.1 Å². The highest BCUT2D eigenvalue weighted by atomic mass is 127. The largest absolute Gasteiger partial charge is 0.453 e. The minimum atomic E-state index is -0.673. The highest BCUT2D eigenvalue weighted by Crippen LogP contribution is 2.19. The highest BCUT2D eigenvalue weighted by Gasteiger charge is 2.18. The number of imidazole rings is 1. The molecule has 0 spiro atoms. The predicted octanol–water partition coefficient (Wildman–Crippen LogP) is 6.12. The first-order valence-corrected chi connectivity index (χ1v) is 12.7. The second-order valence-corrected chi connectivity index (χ2v) is 8.92. The molecule has 0 saturated carbocycles. The molecule has 0 aliphatic carbocycles. The standard InChI is InChI=1S/C14H18N4O3.C13H10INO/c1-3-4-9-15-13(19)18-11-8-6-5-7-10(11)16-12(18)17-14(20)21-2;14-12-9-5-4-8-11(12)13(16)15-10-6-2-1-3-7-10/h5-8H,3-4,9H2,1-2H3,(H,15,19)(H,16,17,20);1-9H,(H,15,16). The summed E-state index contributed by atoms with van der Waals surface area (Å²) >= 11 is 2.16. The lowest BCUT2D eigenvalue weighted by Crippen LogP contribution is -2.31. The van der Waals surface area contributed by atoms with Gasteiger partial charge in [-0.1, -0.05) is 55.8 Å². The Kier molecular flexibility index (Phi) is 10.4. The highest BCUT2D eigenvalue weighted by molar-refractivity contribution is 14.1. The molecule has 0 radical (unpaired) electrons. The van der Waals surface area contributed by atoms with E-state index < -0.39 is 6.09 Å². The van der Waals surface area contributed by atoms with Crippen LogP contribution in [0.15, 0.2) is 78.9 Å². The van der Waals surface area contributed by atoms with Gasteiger partial charge in [0.05, 0.1) is 23.7 Å². The molecule has 0 atom stereocenters. The molecule has 4 rings (SSSR count). The summed E-state index contributed by atoms with van der Waals surface area (Å²) < 4.78 is 6.84. The summed E-state index contributed by atoms with van der Waals surface area (Å²) in [6.45, 7) is 2.61. The number of fused-ring (bicyclic) bond motifs is 1. The second kappa shape index (κ2) is 14.0. The number of carbonyl (C=O) groups excluding carboxylic acids is 3. The third-order valence-electron chi connectivity index (χ3n) is 5.12. The van der Waals surface area contributed by atoms with Gasteiger partial charge < -0.3 is 15.4 Å². The third-order valence-corrected chi connectivity index (χ3v) is 6.06. The Morgan fingerprint density at radius 1 is 0.919 bits per heavy atom. The number of rotatable bonds is 6. The number of hydrogen-bond acceptors (Lipinski definition) is 5. The molecular formula is C27H28IN5O4. The van der Waals surface area contributed by atoms with Crippen LogP contribution in [-0.2, 0) is 4.74 Å². The van der Waals surface area contributed by atoms with Gasteiger partial charge in [0.1, 0.15) is 0 Å². The molecule has 0 aliphatic rings. The Morgan fingerprint density at radius 3 is 2.30 bits per heavy atom. The fourth-order valence-corrected chi connectivity index (χ4v) is 3.91. The zero-order valence-corrected chi connectivity index (χ0v) is 22.7. The van der Waals surface area contributed by atoms with Gasteiger partial charge in [-0.2, -0.15) is 0 Å².